The van der Waals surface area contributed by atoms with Crippen molar-refractivity contribution in [2.75, 3.05) is 6.61 Å². The van der Waals surface area contributed by atoms with Gasteiger partial charge in [0.2, 0.25) is 0 Å². The summed E-state index contributed by atoms with van der Waals surface area (Å²) < 4.78 is 13.1. The topological polar surface area (TPSA) is 60.1 Å². The SMILES string of the molecule is CCOB(OC(C)(C)CC)c1cn(C)nc1C#N. The van der Waals surface area contributed by atoms with Crippen molar-refractivity contribution in [2.24, 2.45) is 7.05 Å². The number of aryl methyl sites for hydroxylation is 1. The van der Waals surface area contributed by atoms with E-state index in [4.69, 9.17) is 14.6 Å². The van der Waals surface area contributed by atoms with E-state index in [1.807, 2.05) is 20.8 Å². The first-order valence-electron chi connectivity index (χ1n) is 6.16. The molecule has 1 rings (SSSR count). The van der Waals surface area contributed by atoms with E-state index in [1.165, 1.54) is 0 Å². The molecule has 0 saturated heterocycles. The first-order valence-corrected chi connectivity index (χ1v) is 6.16. The highest BCUT2D eigenvalue weighted by molar-refractivity contribution is 6.62. The van der Waals surface area contributed by atoms with Gasteiger partial charge in [0.25, 0.3) is 0 Å². The van der Waals surface area contributed by atoms with Gasteiger partial charge in [-0.2, -0.15) is 10.4 Å². The molecule has 0 aliphatic rings. The first kappa shape index (κ1) is 14.7. The van der Waals surface area contributed by atoms with Gasteiger partial charge < -0.3 is 9.31 Å². The Bertz CT molecular complexity index is 437. The number of aromatic nitrogens is 2. The third-order valence-corrected chi connectivity index (χ3v) is 2.81. The minimum atomic E-state index is -0.548. The van der Waals surface area contributed by atoms with Crippen molar-refractivity contribution >= 4 is 12.6 Å². The Balaban J connectivity index is 3.01. The summed E-state index contributed by atoms with van der Waals surface area (Å²) in [4.78, 5) is 0. The molecule has 0 aromatic carbocycles. The Morgan fingerprint density at radius 1 is 1.50 bits per heavy atom. The molecule has 0 fully saturated rings. The summed E-state index contributed by atoms with van der Waals surface area (Å²) in [6.45, 7) is 8.47. The minimum absolute atomic E-state index is 0.303. The van der Waals surface area contributed by atoms with E-state index in [0.29, 0.717) is 17.8 Å². The van der Waals surface area contributed by atoms with Crippen LogP contribution in [0.25, 0.3) is 0 Å². The minimum Gasteiger partial charge on any atom is -0.407 e. The summed E-state index contributed by atoms with van der Waals surface area (Å²) in [5, 5.41) is 13.2. The Morgan fingerprint density at radius 3 is 2.67 bits per heavy atom. The van der Waals surface area contributed by atoms with Crippen LogP contribution in [0.4, 0.5) is 0 Å². The van der Waals surface area contributed by atoms with Crippen LogP contribution in [0.2, 0.25) is 0 Å². The fourth-order valence-electron chi connectivity index (χ4n) is 1.48. The van der Waals surface area contributed by atoms with E-state index in [9.17, 15) is 0 Å². The maximum Gasteiger partial charge on any atom is 0.498 e. The number of hydrogen-bond donors (Lipinski definition) is 0. The summed E-state index contributed by atoms with van der Waals surface area (Å²) >= 11 is 0. The van der Waals surface area contributed by atoms with Gasteiger partial charge in [-0.05, 0) is 27.2 Å². The molecule has 0 amide bonds. The normalized spacial score (nSPS) is 11.3. The quantitative estimate of drug-likeness (QED) is 0.711. The highest BCUT2D eigenvalue weighted by Crippen LogP contribution is 2.15. The monoisotopic (exact) mass is 249 g/mol. The van der Waals surface area contributed by atoms with Gasteiger partial charge in [0, 0.05) is 30.9 Å². The van der Waals surface area contributed by atoms with Gasteiger partial charge >= 0.3 is 7.12 Å². The van der Waals surface area contributed by atoms with Gasteiger partial charge in [-0.1, -0.05) is 6.92 Å². The third kappa shape index (κ3) is 3.59. The average Bonchev–Trinajstić information content (AvgIpc) is 2.70. The van der Waals surface area contributed by atoms with Crippen LogP contribution in [-0.2, 0) is 16.4 Å². The molecule has 0 N–H and O–H groups in total. The van der Waals surface area contributed by atoms with E-state index in [2.05, 4.69) is 18.1 Å². The van der Waals surface area contributed by atoms with E-state index < -0.39 is 7.12 Å². The lowest BCUT2D eigenvalue weighted by molar-refractivity contribution is 0.0706. The zero-order chi connectivity index (χ0) is 13.8. The Labute approximate surface area is 109 Å². The van der Waals surface area contributed by atoms with Crippen LogP contribution in [0.15, 0.2) is 6.20 Å². The largest absolute Gasteiger partial charge is 0.498 e. The van der Waals surface area contributed by atoms with Gasteiger partial charge in [-0.25, -0.2) is 0 Å². The second-order valence-corrected chi connectivity index (χ2v) is 4.74. The molecule has 0 saturated carbocycles. The van der Waals surface area contributed by atoms with Crippen molar-refractivity contribution < 1.29 is 9.31 Å². The standard InChI is InChI=1S/C12H20BN3O2/c1-6-12(3,4)18-13(17-7-2)10-9-16(5)15-11(10)8-14/h9H,6-7H2,1-5H3. The summed E-state index contributed by atoms with van der Waals surface area (Å²) in [6, 6.07) is 2.07. The summed E-state index contributed by atoms with van der Waals surface area (Å²) in [5.74, 6) is 0. The maximum absolute atomic E-state index is 9.07. The molecule has 0 aliphatic heterocycles. The maximum atomic E-state index is 9.07. The van der Waals surface area contributed by atoms with Crippen molar-refractivity contribution in [3.05, 3.63) is 11.9 Å². The van der Waals surface area contributed by atoms with Crippen LogP contribution in [0, 0.1) is 11.3 Å². The van der Waals surface area contributed by atoms with Crippen LogP contribution < -0.4 is 5.46 Å². The Morgan fingerprint density at radius 2 is 2.17 bits per heavy atom. The zero-order valence-corrected chi connectivity index (χ0v) is 11.7. The fraction of sp³-hybridized carbons (Fsp3) is 0.667. The first-order chi connectivity index (χ1) is 8.43. The van der Waals surface area contributed by atoms with Crippen LogP contribution in [0.1, 0.15) is 39.8 Å². The highest BCUT2D eigenvalue weighted by Gasteiger charge is 2.32. The molecule has 18 heavy (non-hydrogen) atoms. The van der Waals surface area contributed by atoms with E-state index in [-0.39, 0.29) is 5.60 Å². The molecule has 0 bridgehead atoms. The molecule has 0 unspecified atom stereocenters. The molecule has 0 spiro atoms. The van der Waals surface area contributed by atoms with Gasteiger partial charge in [-0.3, -0.25) is 4.68 Å². The molecule has 98 valence electrons. The van der Waals surface area contributed by atoms with Gasteiger partial charge in [0.05, 0.1) is 0 Å². The summed E-state index contributed by atoms with van der Waals surface area (Å²) in [5.41, 5.74) is 0.730. The molecule has 0 atom stereocenters. The van der Waals surface area contributed by atoms with Crippen molar-refractivity contribution in [3.63, 3.8) is 0 Å². The van der Waals surface area contributed by atoms with Gasteiger partial charge in [-0.15, -0.1) is 0 Å². The van der Waals surface area contributed by atoms with Crippen molar-refractivity contribution in [3.8, 4) is 6.07 Å². The van der Waals surface area contributed by atoms with E-state index >= 15 is 0 Å². The summed E-state index contributed by atoms with van der Waals surface area (Å²) in [7, 11) is 1.23. The highest BCUT2D eigenvalue weighted by atomic mass is 16.6. The number of nitriles is 1. The predicted molar refractivity (Wildman–Crippen MR) is 70.4 cm³/mol. The van der Waals surface area contributed by atoms with Gasteiger partial charge in [0.15, 0.2) is 5.69 Å². The average molecular weight is 249 g/mol. The number of nitrogens with zero attached hydrogens (tertiary/aromatic N) is 3. The van der Waals surface area contributed by atoms with Crippen LogP contribution in [-0.4, -0.2) is 29.1 Å². The number of rotatable bonds is 6. The zero-order valence-electron chi connectivity index (χ0n) is 11.7. The Kier molecular flexibility index (Phi) is 4.94. The van der Waals surface area contributed by atoms with Crippen molar-refractivity contribution in [2.45, 2.75) is 39.7 Å². The fourth-order valence-corrected chi connectivity index (χ4v) is 1.48. The van der Waals surface area contributed by atoms with Crippen molar-refractivity contribution in [1.29, 1.82) is 5.26 Å². The summed E-state index contributed by atoms with van der Waals surface area (Å²) in [6.07, 6.45) is 2.63. The lowest BCUT2D eigenvalue weighted by Crippen LogP contribution is -2.44. The second-order valence-electron chi connectivity index (χ2n) is 4.74. The molecule has 1 aromatic heterocycles. The third-order valence-electron chi connectivity index (χ3n) is 2.81. The molecule has 1 aromatic rings. The van der Waals surface area contributed by atoms with Crippen LogP contribution >= 0.6 is 0 Å². The second kappa shape index (κ2) is 6.03. The lowest BCUT2D eigenvalue weighted by Gasteiger charge is -2.27. The molecule has 6 heteroatoms. The van der Waals surface area contributed by atoms with Crippen LogP contribution in [0.3, 0.4) is 0 Å². The molecular weight excluding hydrogens is 229 g/mol. The van der Waals surface area contributed by atoms with E-state index in [0.717, 1.165) is 6.42 Å². The lowest BCUT2D eigenvalue weighted by atomic mass is 9.77. The number of hydrogen-bond acceptors (Lipinski definition) is 4. The van der Waals surface area contributed by atoms with E-state index in [1.54, 1.807) is 17.9 Å². The molecule has 1 heterocycles. The molecule has 0 aliphatic carbocycles. The smallest absolute Gasteiger partial charge is 0.407 e. The van der Waals surface area contributed by atoms with Gasteiger partial charge in [0.1, 0.15) is 6.07 Å². The van der Waals surface area contributed by atoms with Crippen molar-refractivity contribution in [1.82, 2.24) is 9.78 Å². The molecule has 0 radical (unpaired) electrons. The predicted octanol–water partition coefficient (Wildman–Crippen LogP) is 1.23. The molecular formula is C12H20BN3O2. The Hall–Kier alpha value is -1.32. The van der Waals surface area contributed by atoms with Crippen LogP contribution in [0.5, 0.6) is 0 Å². The molecule has 5 nitrogen and oxygen atoms in total.